The van der Waals surface area contributed by atoms with E-state index >= 15 is 0 Å². The van der Waals surface area contributed by atoms with E-state index < -0.39 is 17.8 Å². The molecule has 32 heavy (non-hydrogen) atoms. The molecule has 0 aliphatic heterocycles. The molecule has 0 aliphatic carbocycles. The smallest absolute Gasteiger partial charge is 0.335 e. The summed E-state index contributed by atoms with van der Waals surface area (Å²) in [6, 6.07) is 14.9. The zero-order chi connectivity index (χ0) is 22.8. The number of primary amides is 2. The molecular formula is C23H17N5O4. The maximum atomic E-state index is 12.0. The number of hydrogen-bond acceptors (Lipinski definition) is 6. The molecule has 6 N–H and O–H groups in total. The minimum atomic E-state index is -1.07. The van der Waals surface area contributed by atoms with Gasteiger partial charge in [0.2, 0.25) is 0 Å². The Bertz CT molecular complexity index is 1400. The van der Waals surface area contributed by atoms with Crippen molar-refractivity contribution in [1.82, 2.24) is 9.97 Å². The summed E-state index contributed by atoms with van der Waals surface area (Å²) in [7, 11) is 0. The molecule has 2 aromatic heterocycles. The van der Waals surface area contributed by atoms with Crippen LogP contribution in [0.25, 0.3) is 22.0 Å². The number of fused-ring (bicyclic) bond motifs is 1. The normalized spacial score (nSPS) is 10.6. The van der Waals surface area contributed by atoms with Crippen LogP contribution in [0.3, 0.4) is 0 Å². The van der Waals surface area contributed by atoms with E-state index in [4.69, 9.17) is 11.5 Å². The summed E-state index contributed by atoms with van der Waals surface area (Å²) >= 11 is 0. The highest BCUT2D eigenvalue weighted by molar-refractivity contribution is 6.08. The van der Waals surface area contributed by atoms with Crippen LogP contribution in [-0.4, -0.2) is 32.9 Å². The molecule has 2 aromatic carbocycles. The molecule has 4 rings (SSSR count). The van der Waals surface area contributed by atoms with Crippen LogP contribution < -0.4 is 16.8 Å². The van der Waals surface area contributed by atoms with E-state index in [0.29, 0.717) is 22.3 Å². The van der Waals surface area contributed by atoms with Gasteiger partial charge < -0.3 is 21.9 Å². The van der Waals surface area contributed by atoms with Gasteiger partial charge in [-0.15, -0.1) is 0 Å². The molecule has 0 saturated heterocycles. The van der Waals surface area contributed by atoms with Crippen molar-refractivity contribution in [3.05, 3.63) is 83.8 Å². The van der Waals surface area contributed by atoms with Gasteiger partial charge in [0.05, 0.1) is 22.3 Å². The highest BCUT2D eigenvalue weighted by Gasteiger charge is 2.15. The Balaban J connectivity index is 1.83. The van der Waals surface area contributed by atoms with E-state index in [1.54, 1.807) is 42.5 Å². The molecule has 2 amide bonds. The maximum absolute atomic E-state index is 12.0. The number of rotatable bonds is 6. The first-order chi connectivity index (χ1) is 15.3. The number of carbonyl (C=O) groups excluding carboxylic acids is 2. The van der Waals surface area contributed by atoms with Crippen molar-refractivity contribution in [2.45, 2.75) is 0 Å². The van der Waals surface area contributed by atoms with Crippen LogP contribution in [-0.2, 0) is 0 Å². The first-order valence-corrected chi connectivity index (χ1v) is 9.42. The highest BCUT2D eigenvalue weighted by atomic mass is 16.4. The van der Waals surface area contributed by atoms with Crippen LogP contribution >= 0.6 is 0 Å². The fourth-order valence-corrected chi connectivity index (χ4v) is 3.31. The topological polar surface area (TPSA) is 161 Å². The number of amides is 2. The summed E-state index contributed by atoms with van der Waals surface area (Å²) in [4.78, 5) is 43.0. The van der Waals surface area contributed by atoms with E-state index in [2.05, 4.69) is 15.3 Å². The summed E-state index contributed by atoms with van der Waals surface area (Å²) < 4.78 is 0. The van der Waals surface area contributed by atoms with Crippen molar-refractivity contribution < 1.29 is 19.5 Å². The van der Waals surface area contributed by atoms with E-state index in [-0.39, 0.29) is 16.8 Å². The number of carboxylic acid groups (broad SMARTS) is 1. The number of pyridine rings is 2. The van der Waals surface area contributed by atoms with E-state index in [0.717, 1.165) is 11.1 Å². The number of carbonyl (C=O) groups is 3. The molecule has 0 atom stereocenters. The molecule has 4 aromatic rings. The summed E-state index contributed by atoms with van der Waals surface area (Å²) in [5.74, 6) is -2.38. The Hall–Kier alpha value is -4.79. The number of carboxylic acids is 1. The average Bonchev–Trinajstić information content (AvgIpc) is 2.79. The second kappa shape index (κ2) is 8.15. The number of aromatic nitrogens is 2. The van der Waals surface area contributed by atoms with Crippen LogP contribution in [0, 0.1) is 0 Å². The van der Waals surface area contributed by atoms with Gasteiger partial charge in [0.15, 0.2) is 0 Å². The second-order valence-corrected chi connectivity index (χ2v) is 6.95. The lowest BCUT2D eigenvalue weighted by Gasteiger charge is -2.14. The first kappa shape index (κ1) is 20.5. The van der Waals surface area contributed by atoms with Gasteiger partial charge in [0.1, 0.15) is 5.69 Å². The minimum absolute atomic E-state index is 0.0965. The van der Waals surface area contributed by atoms with Gasteiger partial charge in [-0.2, -0.15) is 0 Å². The largest absolute Gasteiger partial charge is 0.478 e. The van der Waals surface area contributed by atoms with Crippen LogP contribution in [0.2, 0.25) is 0 Å². The number of hydrogen-bond donors (Lipinski definition) is 4. The summed E-state index contributed by atoms with van der Waals surface area (Å²) in [5.41, 5.74) is 14.2. The molecule has 0 bridgehead atoms. The predicted octanol–water partition coefficient (Wildman–Crippen LogP) is 2.94. The molecular weight excluding hydrogens is 410 g/mol. The molecule has 0 saturated carbocycles. The van der Waals surface area contributed by atoms with Crippen LogP contribution in [0.1, 0.15) is 31.2 Å². The Labute approximate surface area is 181 Å². The molecule has 9 nitrogen and oxygen atoms in total. The molecule has 158 valence electrons. The van der Waals surface area contributed by atoms with Gasteiger partial charge in [-0.1, -0.05) is 18.2 Å². The Morgan fingerprint density at radius 2 is 1.66 bits per heavy atom. The summed E-state index contributed by atoms with van der Waals surface area (Å²) in [6.07, 6.45) is 2.85. The number of nitrogens with two attached hydrogens (primary N) is 2. The molecule has 2 heterocycles. The fourth-order valence-electron chi connectivity index (χ4n) is 3.31. The van der Waals surface area contributed by atoms with Crippen LogP contribution in [0.15, 0.2) is 67.0 Å². The average molecular weight is 427 g/mol. The van der Waals surface area contributed by atoms with Crippen molar-refractivity contribution in [3.63, 3.8) is 0 Å². The third kappa shape index (κ3) is 3.94. The number of nitrogens with one attached hydrogen (secondary N) is 1. The van der Waals surface area contributed by atoms with Crippen molar-refractivity contribution in [2.75, 3.05) is 5.32 Å². The second-order valence-electron chi connectivity index (χ2n) is 6.95. The van der Waals surface area contributed by atoms with Gasteiger partial charge >= 0.3 is 5.97 Å². The monoisotopic (exact) mass is 427 g/mol. The third-order valence-electron chi connectivity index (χ3n) is 4.86. The van der Waals surface area contributed by atoms with Crippen LogP contribution in [0.4, 0.5) is 11.4 Å². The van der Waals surface area contributed by atoms with Crippen molar-refractivity contribution in [1.29, 1.82) is 0 Å². The minimum Gasteiger partial charge on any atom is -0.478 e. The SMILES string of the molecule is NC(=O)c1cc(-c2ccc3c(Nc4cccc(C(=O)O)c4)c(C(N)=O)cnc3c2)ccn1. The zero-order valence-electron chi connectivity index (χ0n) is 16.6. The van der Waals surface area contributed by atoms with Gasteiger partial charge in [0, 0.05) is 23.5 Å². The third-order valence-corrected chi connectivity index (χ3v) is 4.86. The zero-order valence-corrected chi connectivity index (χ0v) is 16.6. The lowest BCUT2D eigenvalue weighted by Crippen LogP contribution is -2.14. The molecule has 0 radical (unpaired) electrons. The maximum Gasteiger partial charge on any atom is 0.335 e. The van der Waals surface area contributed by atoms with Gasteiger partial charge in [-0.05, 0) is 47.5 Å². The molecule has 0 unspecified atom stereocenters. The van der Waals surface area contributed by atoms with Gasteiger partial charge in [0.25, 0.3) is 11.8 Å². The number of benzene rings is 2. The highest BCUT2D eigenvalue weighted by Crippen LogP contribution is 2.32. The van der Waals surface area contributed by atoms with Gasteiger partial charge in [-0.3, -0.25) is 19.6 Å². The Morgan fingerprint density at radius 1 is 0.875 bits per heavy atom. The van der Waals surface area contributed by atoms with Crippen molar-refractivity contribution >= 4 is 40.1 Å². The molecule has 0 spiro atoms. The summed E-state index contributed by atoms with van der Waals surface area (Å²) in [5, 5.41) is 12.9. The molecule has 0 aliphatic rings. The van der Waals surface area contributed by atoms with E-state index in [1.807, 2.05) is 0 Å². The quantitative estimate of drug-likeness (QED) is 0.368. The van der Waals surface area contributed by atoms with Crippen LogP contribution in [0.5, 0.6) is 0 Å². The van der Waals surface area contributed by atoms with Gasteiger partial charge in [-0.25, -0.2) is 4.79 Å². The Kier molecular flexibility index (Phi) is 5.22. The van der Waals surface area contributed by atoms with E-state index in [1.165, 1.54) is 24.5 Å². The van der Waals surface area contributed by atoms with E-state index in [9.17, 15) is 19.5 Å². The Morgan fingerprint density at radius 3 is 2.38 bits per heavy atom. The van der Waals surface area contributed by atoms with Crippen molar-refractivity contribution in [3.8, 4) is 11.1 Å². The molecule has 9 heteroatoms. The number of nitrogens with zero attached hydrogens (tertiary/aromatic N) is 2. The standard InChI is InChI=1S/C23H17N5O4/c24-21(29)17-11-27-18-9-12(13-6-7-26-19(10-13)22(25)30)4-5-16(18)20(17)28-15-3-1-2-14(8-15)23(31)32/h1-11H,(H2,24,29)(H2,25,30)(H,27,28)(H,31,32). The van der Waals surface area contributed by atoms with Crippen molar-refractivity contribution in [2.24, 2.45) is 11.5 Å². The summed E-state index contributed by atoms with van der Waals surface area (Å²) in [6.45, 7) is 0. The lowest BCUT2D eigenvalue weighted by molar-refractivity contribution is 0.0696. The number of aromatic carboxylic acids is 1. The number of anilines is 2. The lowest BCUT2D eigenvalue weighted by atomic mass is 10.0. The fraction of sp³-hybridized carbons (Fsp3) is 0. The first-order valence-electron chi connectivity index (χ1n) is 9.42. The predicted molar refractivity (Wildman–Crippen MR) is 119 cm³/mol. The molecule has 0 fully saturated rings.